The summed E-state index contributed by atoms with van der Waals surface area (Å²) in [5.41, 5.74) is 0.472. The van der Waals surface area contributed by atoms with Gasteiger partial charge in [-0.25, -0.2) is 4.98 Å². The average Bonchev–Trinajstić information content (AvgIpc) is 2.70. The third-order valence-corrected chi connectivity index (χ3v) is 2.49. The summed E-state index contributed by atoms with van der Waals surface area (Å²) >= 11 is 3.33. The van der Waals surface area contributed by atoms with Crippen molar-refractivity contribution in [2.45, 2.75) is 0 Å². The summed E-state index contributed by atoms with van der Waals surface area (Å²) < 4.78 is 6.73. The number of nitrogens with zero attached hydrogens (tertiary/aromatic N) is 3. The van der Waals surface area contributed by atoms with Gasteiger partial charge in [-0.3, -0.25) is 4.79 Å². The highest BCUT2D eigenvalue weighted by atomic mass is 79.9. The van der Waals surface area contributed by atoms with Gasteiger partial charge in [-0.05, 0) is 0 Å². The number of ether oxygens (including phenoxy) is 1. The fraction of sp³-hybridized carbons (Fsp3) is 0.600. The second kappa shape index (κ2) is 6.65. The fourth-order valence-corrected chi connectivity index (χ4v) is 1.73. The van der Waals surface area contributed by atoms with E-state index in [0.717, 1.165) is 5.33 Å². The number of rotatable bonds is 6. The van der Waals surface area contributed by atoms with Gasteiger partial charge in [0.25, 0.3) is 5.91 Å². The van der Waals surface area contributed by atoms with Gasteiger partial charge in [-0.15, -0.1) is 0 Å². The molecule has 6 heteroatoms. The minimum atomic E-state index is -0.0582. The van der Waals surface area contributed by atoms with E-state index in [1.807, 2.05) is 7.05 Å². The molecule has 0 spiro atoms. The first-order valence-electron chi connectivity index (χ1n) is 5.01. The molecular formula is C10H16BrN3O2. The quantitative estimate of drug-likeness (QED) is 0.731. The highest BCUT2D eigenvalue weighted by Crippen LogP contribution is 2.02. The van der Waals surface area contributed by atoms with Gasteiger partial charge < -0.3 is 14.2 Å². The Labute approximate surface area is 104 Å². The molecule has 1 aromatic rings. The number of aryl methyl sites for hydroxylation is 1. The van der Waals surface area contributed by atoms with Gasteiger partial charge in [-0.1, -0.05) is 15.9 Å². The van der Waals surface area contributed by atoms with E-state index >= 15 is 0 Å². The molecule has 0 bridgehead atoms. The molecular weight excluding hydrogens is 274 g/mol. The molecule has 0 unspecified atom stereocenters. The summed E-state index contributed by atoms with van der Waals surface area (Å²) in [6.07, 6.45) is 3.34. The first kappa shape index (κ1) is 13.2. The van der Waals surface area contributed by atoms with Gasteiger partial charge in [0.2, 0.25) is 0 Å². The smallest absolute Gasteiger partial charge is 0.274 e. The Balaban J connectivity index is 2.66. The van der Waals surface area contributed by atoms with Crippen molar-refractivity contribution in [3.05, 3.63) is 18.2 Å². The van der Waals surface area contributed by atoms with Crippen molar-refractivity contribution in [2.24, 2.45) is 7.05 Å². The van der Waals surface area contributed by atoms with Crippen LogP contribution < -0.4 is 0 Å². The minimum Gasteiger partial charge on any atom is -0.383 e. The van der Waals surface area contributed by atoms with Crippen LogP contribution in [-0.2, 0) is 11.8 Å². The zero-order chi connectivity index (χ0) is 12.0. The summed E-state index contributed by atoms with van der Waals surface area (Å²) in [7, 11) is 3.46. The highest BCUT2D eigenvalue weighted by molar-refractivity contribution is 9.09. The van der Waals surface area contributed by atoms with Crippen LogP contribution in [0.1, 0.15) is 10.5 Å². The molecule has 0 saturated carbocycles. The summed E-state index contributed by atoms with van der Waals surface area (Å²) in [5, 5.41) is 0.745. The molecule has 0 aromatic carbocycles. The number of hydrogen-bond donors (Lipinski definition) is 0. The van der Waals surface area contributed by atoms with Crippen LogP contribution in [0, 0.1) is 0 Å². The molecule has 0 aliphatic rings. The van der Waals surface area contributed by atoms with Crippen LogP contribution in [0.25, 0.3) is 0 Å². The number of carbonyl (C=O) groups is 1. The summed E-state index contributed by atoms with van der Waals surface area (Å²) in [6.45, 7) is 1.77. The molecule has 0 fully saturated rings. The molecule has 1 rings (SSSR count). The summed E-state index contributed by atoms with van der Waals surface area (Å²) in [4.78, 5) is 17.8. The number of aromatic nitrogens is 2. The molecule has 5 nitrogen and oxygen atoms in total. The van der Waals surface area contributed by atoms with Crippen molar-refractivity contribution in [3.63, 3.8) is 0 Å². The molecule has 1 heterocycles. The van der Waals surface area contributed by atoms with Gasteiger partial charge in [0.1, 0.15) is 5.69 Å². The van der Waals surface area contributed by atoms with Crippen LogP contribution >= 0.6 is 15.9 Å². The van der Waals surface area contributed by atoms with Crippen molar-refractivity contribution in [1.29, 1.82) is 0 Å². The Morgan fingerprint density at radius 2 is 2.38 bits per heavy atom. The zero-order valence-electron chi connectivity index (χ0n) is 9.52. The fourth-order valence-electron chi connectivity index (χ4n) is 1.30. The van der Waals surface area contributed by atoms with Gasteiger partial charge in [0, 0.05) is 38.8 Å². The molecule has 0 radical (unpaired) electrons. The maximum atomic E-state index is 12.0. The van der Waals surface area contributed by atoms with Crippen LogP contribution in [0.4, 0.5) is 0 Å². The van der Waals surface area contributed by atoms with E-state index in [0.29, 0.717) is 25.4 Å². The van der Waals surface area contributed by atoms with Crippen molar-refractivity contribution >= 4 is 21.8 Å². The molecule has 0 aliphatic carbocycles. The number of amides is 1. The standard InChI is InChI=1S/C10H16BrN3O2/c1-13-7-9(12-8-13)10(15)14(4-3-11)5-6-16-2/h7-8H,3-6H2,1-2H3. The first-order valence-corrected chi connectivity index (χ1v) is 6.13. The Kier molecular flexibility index (Phi) is 5.48. The Bertz CT molecular complexity index is 341. The van der Waals surface area contributed by atoms with E-state index in [-0.39, 0.29) is 5.91 Å². The van der Waals surface area contributed by atoms with Crippen LogP contribution in [0.2, 0.25) is 0 Å². The van der Waals surface area contributed by atoms with Gasteiger partial charge in [-0.2, -0.15) is 0 Å². The van der Waals surface area contributed by atoms with Crippen LogP contribution in [0.15, 0.2) is 12.5 Å². The Hall–Kier alpha value is -0.880. The second-order valence-electron chi connectivity index (χ2n) is 3.40. The predicted octanol–water partition coefficient (Wildman–Crippen LogP) is 0.904. The maximum Gasteiger partial charge on any atom is 0.274 e. The monoisotopic (exact) mass is 289 g/mol. The largest absolute Gasteiger partial charge is 0.383 e. The lowest BCUT2D eigenvalue weighted by molar-refractivity contribution is 0.0703. The number of alkyl halides is 1. The van der Waals surface area contributed by atoms with Crippen LogP contribution in [0.5, 0.6) is 0 Å². The van der Waals surface area contributed by atoms with Crippen molar-refractivity contribution < 1.29 is 9.53 Å². The topological polar surface area (TPSA) is 47.4 Å². The Morgan fingerprint density at radius 3 is 2.88 bits per heavy atom. The number of imidazole rings is 1. The van der Waals surface area contributed by atoms with E-state index in [9.17, 15) is 4.79 Å². The third kappa shape index (κ3) is 3.61. The number of carbonyl (C=O) groups excluding carboxylic acids is 1. The summed E-state index contributed by atoms with van der Waals surface area (Å²) in [6, 6.07) is 0. The number of methoxy groups -OCH3 is 1. The highest BCUT2D eigenvalue weighted by Gasteiger charge is 2.16. The molecule has 1 amide bonds. The first-order chi connectivity index (χ1) is 7.69. The molecule has 0 N–H and O–H groups in total. The summed E-state index contributed by atoms with van der Waals surface area (Å²) in [5.74, 6) is -0.0582. The molecule has 16 heavy (non-hydrogen) atoms. The second-order valence-corrected chi connectivity index (χ2v) is 4.19. The molecule has 0 aliphatic heterocycles. The van der Waals surface area contributed by atoms with Gasteiger partial charge >= 0.3 is 0 Å². The van der Waals surface area contributed by atoms with Crippen molar-refractivity contribution in [2.75, 3.05) is 32.1 Å². The van der Waals surface area contributed by atoms with Gasteiger partial charge in [0.15, 0.2) is 0 Å². The van der Waals surface area contributed by atoms with E-state index in [2.05, 4.69) is 20.9 Å². The van der Waals surface area contributed by atoms with Gasteiger partial charge in [0.05, 0.1) is 12.9 Å². The van der Waals surface area contributed by atoms with E-state index in [1.165, 1.54) is 0 Å². The third-order valence-electron chi connectivity index (χ3n) is 2.13. The lowest BCUT2D eigenvalue weighted by Crippen LogP contribution is -2.35. The minimum absolute atomic E-state index is 0.0582. The Morgan fingerprint density at radius 1 is 1.62 bits per heavy atom. The van der Waals surface area contributed by atoms with Crippen LogP contribution in [0.3, 0.4) is 0 Å². The number of halogens is 1. The molecule has 90 valence electrons. The van der Waals surface area contributed by atoms with Crippen molar-refractivity contribution in [1.82, 2.24) is 14.5 Å². The maximum absolute atomic E-state index is 12.0. The van der Waals surface area contributed by atoms with Crippen LogP contribution in [-0.4, -0.2) is 52.5 Å². The predicted molar refractivity (Wildman–Crippen MR) is 64.8 cm³/mol. The molecule has 1 aromatic heterocycles. The van der Waals surface area contributed by atoms with E-state index in [4.69, 9.17) is 4.74 Å². The van der Waals surface area contributed by atoms with E-state index < -0.39 is 0 Å². The molecule has 0 atom stereocenters. The SMILES string of the molecule is COCCN(CCBr)C(=O)c1cn(C)cn1. The zero-order valence-corrected chi connectivity index (χ0v) is 11.1. The molecule has 0 saturated heterocycles. The van der Waals surface area contributed by atoms with E-state index in [1.54, 1.807) is 29.1 Å². The average molecular weight is 290 g/mol. The van der Waals surface area contributed by atoms with Crippen molar-refractivity contribution in [3.8, 4) is 0 Å². The lowest BCUT2D eigenvalue weighted by Gasteiger charge is -2.20. The lowest BCUT2D eigenvalue weighted by atomic mass is 10.3. The number of hydrogen-bond acceptors (Lipinski definition) is 3. The normalized spacial score (nSPS) is 10.4.